The third-order valence-electron chi connectivity index (χ3n) is 3.87. The Hall–Kier alpha value is -1.60. The van der Waals surface area contributed by atoms with Gasteiger partial charge < -0.3 is 0 Å². The van der Waals surface area contributed by atoms with E-state index in [4.69, 9.17) is 34.8 Å². The number of hydrogen-bond acceptors (Lipinski definition) is 4. The van der Waals surface area contributed by atoms with Crippen molar-refractivity contribution in [3.63, 3.8) is 0 Å². The largest absolute Gasteiger partial charge is 0.251 e. The van der Waals surface area contributed by atoms with Gasteiger partial charge in [0.25, 0.3) is 0 Å². The van der Waals surface area contributed by atoms with Crippen LogP contribution in [0.4, 0.5) is 0 Å². The average molecular weight is 431 g/mol. The molecule has 136 valence electrons. The van der Waals surface area contributed by atoms with E-state index in [9.17, 15) is 8.42 Å². The molecule has 0 aliphatic carbocycles. The second-order valence-corrected chi connectivity index (χ2v) is 9.16. The first-order valence-electron chi connectivity index (χ1n) is 7.58. The van der Waals surface area contributed by atoms with E-state index < -0.39 is 15.1 Å². The minimum atomic E-state index is -3.61. The number of rotatable bonds is 6. The monoisotopic (exact) mass is 429 g/mol. The van der Waals surface area contributed by atoms with Crippen molar-refractivity contribution in [1.29, 1.82) is 0 Å². The summed E-state index contributed by atoms with van der Waals surface area (Å²) in [6.07, 6.45) is 2.84. The molecule has 0 saturated carbocycles. The molecule has 0 aliphatic rings. The molecular weight excluding hydrogens is 417 g/mol. The summed E-state index contributed by atoms with van der Waals surface area (Å²) in [7, 11) is -3.61. The number of nitrogens with zero attached hydrogens (tertiary/aromatic N) is 3. The molecule has 5 nitrogen and oxygen atoms in total. The first-order chi connectivity index (χ1) is 12.3. The number of halogens is 3. The molecule has 1 heterocycles. The number of hydrogen-bond donors (Lipinski definition) is 0. The van der Waals surface area contributed by atoms with E-state index in [-0.39, 0.29) is 12.3 Å². The molecule has 1 aromatic heterocycles. The molecule has 3 rings (SSSR count). The number of sulfone groups is 1. The molecular formula is C17H14Cl3N3O2S. The molecule has 0 radical (unpaired) electrons. The summed E-state index contributed by atoms with van der Waals surface area (Å²) < 4.78 is 27.8. The predicted molar refractivity (Wildman–Crippen MR) is 103 cm³/mol. The fraction of sp³-hybridized carbons (Fsp3) is 0.176. The van der Waals surface area contributed by atoms with Crippen LogP contribution in [0.15, 0.2) is 55.1 Å². The first kappa shape index (κ1) is 19.2. The normalized spacial score (nSPS) is 12.9. The molecule has 0 N–H and O–H groups in total. The minimum Gasteiger partial charge on any atom is -0.251 e. The maximum absolute atomic E-state index is 13.2. The third-order valence-corrected chi connectivity index (χ3v) is 6.71. The van der Waals surface area contributed by atoms with Crippen molar-refractivity contribution in [3.8, 4) is 0 Å². The highest BCUT2D eigenvalue weighted by Gasteiger charge is 2.29. The van der Waals surface area contributed by atoms with Crippen LogP contribution in [0.5, 0.6) is 0 Å². The van der Waals surface area contributed by atoms with Gasteiger partial charge in [-0.25, -0.2) is 13.4 Å². The topological polar surface area (TPSA) is 64.8 Å². The Morgan fingerprint density at radius 1 is 1.00 bits per heavy atom. The summed E-state index contributed by atoms with van der Waals surface area (Å²) in [6, 6.07) is 11.5. The van der Waals surface area contributed by atoms with Crippen LogP contribution in [0, 0.1) is 0 Å². The molecule has 0 saturated heterocycles. The van der Waals surface area contributed by atoms with Crippen molar-refractivity contribution in [2.75, 3.05) is 0 Å². The van der Waals surface area contributed by atoms with E-state index in [0.717, 1.165) is 0 Å². The van der Waals surface area contributed by atoms with Crippen molar-refractivity contribution in [2.45, 2.75) is 17.5 Å². The Balaban J connectivity index is 1.97. The SMILES string of the molecule is O=S(=O)(Cc1ccc(Cl)cc1Cl)C(Cn1cncn1)c1ccc(Cl)cc1. The zero-order chi connectivity index (χ0) is 18.7. The van der Waals surface area contributed by atoms with Crippen LogP contribution < -0.4 is 0 Å². The van der Waals surface area contributed by atoms with Gasteiger partial charge in [-0.05, 0) is 35.4 Å². The highest BCUT2D eigenvalue weighted by molar-refractivity contribution is 7.90. The molecule has 9 heteroatoms. The highest BCUT2D eigenvalue weighted by atomic mass is 35.5. The Kier molecular flexibility index (Phi) is 5.87. The summed E-state index contributed by atoms with van der Waals surface area (Å²) in [4.78, 5) is 3.87. The van der Waals surface area contributed by atoms with Crippen LogP contribution in [0.2, 0.25) is 15.1 Å². The van der Waals surface area contributed by atoms with Gasteiger partial charge in [0.15, 0.2) is 9.84 Å². The van der Waals surface area contributed by atoms with Crippen LogP contribution in [0.1, 0.15) is 16.4 Å². The molecule has 0 aliphatic heterocycles. The van der Waals surface area contributed by atoms with E-state index >= 15 is 0 Å². The van der Waals surface area contributed by atoms with Crippen LogP contribution in [0.25, 0.3) is 0 Å². The smallest absolute Gasteiger partial charge is 0.163 e. The standard InChI is InChI=1S/C17H14Cl3N3O2S/c18-14-4-1-12(2-5-14)17(8-23-11-21-10-22-23)26(24,25)9-13-3-6-15(19)7-16(13)20/h1-7,10-11,17H,8-9H2. The second-order valence-electron chi connectivity index (χ2n) is 5.70. The van der Waals surface area contributed by atoms with E-state index in [1.54, 1.807) is 36.4 Å². The molecule has 0 fully saturated rings. The molecule has 1 unspecified atom stereocenters. The van der Waals surface area contributed by atoms with Crippen LogP contribution in [-0.4, -0.2) is 23.2 Å². The summed E-state index contributed by atoms with van der Waals surface area (Å²) >= 11 is 18.0. The summed E-state index contributed by atoms with van der Waals surface area (Å²) in [5, 5.41) is 4.50. The van der Waals surface area contributed by atoms with Gasteiger partial charge in [-0.15, -0.1) is 0 Å². The van der Waals surface area contributed by atoms with Gasteiger partial charge in [0.1, 0.15) is 17.9 Å². The van der Waals surface area contributed by atoms with Crippen molar-refractivity contribution in [1.82, 2.24) is 14.8 Å². The fourth-order valence-corrected chi connectivity index (χ4v) is 5.08. The molecule has 0 spiro atoms. The van der Waals surface area contributed by atoms with Gasteiger partial charge in [0.2, 0.25) is 0 Å². The quantitative estimate of drug-likeness (QED) is 0.573. The molecule has 26 heavy (non-hydrogen) atoms. The lowest BCUT2D eigenvalue weighted by atomic mass is 10.1. The lowest BCUT2D eigenvalue weighted by Crippen LogP contribution is -2.21. The highest BCUT2D eigenvalue weighted by Crippen LogP contribution is 2.31. The summed E-state index contributed by atoms with van der Waals surface area (Å²) in [5.41, 5.74) is 1.11. The van der Waals surface area contributed by atoms with E-state index in [2.05, 4.69) is 10.1 Å². The van der Waals surface area contributed by atoms with E-state index in [1.165, 1.54) is 23.4 Å². The number of aromatic nitrogens is 3. The predicted octanol–water partition coefficient (Wildman–Crippen LogP) is 4.59. The van der Waals surface area contributed by atoms with Gasteiger partial charge in [-0.3, -0.25) is 4.68 Å². The van der Waals surface area contributed by atoms with Crippen LogP contribution in [-0.2, 0) is 22.1 Å². The Labute approximate surface area is 166 Å². The summed E-state index contributed by atoms with van der Waals surface area (Å²) in [6.45, 7) is 0.134. The third kappa shape index (κ3) is 4.57. The number of benzene rings is 2. The van der Waals surface area contributed by atoms with Crippen molar-refractivity contribution in [2.24, 2.45) is 0 Å². The zero-order valence-corrected chi connectivity index (χ0v) is 16.5. The Bertz CT molecular complexity index is 991. The first-order valence-corrected chi connectivity index (χ1v) is 10.4. The van der Waals surface area contributed by atoms with Gasteiger partial charge in [0.05, 0.1) is 12.3 Å². The maximum Gasteiger partial charge on any atom is 0.163 e. The molecule has 2 aromatic carbocycles. The zero-order valence-electron chi connectivity index (χ0n) is 13.4. The Morgan fingerprint density at radius 3 is 2.31 bits per heavy atom. The second kappa shape index (κ2) is 7.96. The van der Waals surface area contributed by atoms with Crippen LogP contribution >= 0.6 is 34.8 Å². The van der Waals surface area contributed by atoms with Gasteiger partial charge in [0, 0.05) is 15.1 Å². The average Bonchev–Trinajstić information content (AvgIpc) is 3.09. The Morgan fingerprint density at radius 2 is 1.69 bits per heavy atom. The molecule has 0 amide bonds. The molecule has 0 bridgehead atoms. The van der Waals surface area contributed by atoms with Crippen molar-refractivity contribution < 1.29 is 8.42 Å². The van der Waals surface area contributed by atoms with Gasteiger partial charge >= 0.3 is 0 Å². The maximum atomic E-state index is 13.2. The van der Waals surface area contributed by atoms with E-state index in [1.807, 2.05) is 0 Å². The van der Waals surface area contributed by atoms with Crippen molar-refractivity contribution >= 4 is 44.6 Å². The van der Waals surface area contributed by atoms with Gasteiger partial charge in [-0.1, -0.05) is 53.0 Å². The van der Waals surface area contributed by atoms with Gasteiger partial charge in [-0.2, -0.15) is 5.10 Å². The molecule has 1 atom stereocenters. The summed E-state index contributed by atoms with van der Waals surface area (Å²) in [5.74, 6) is -0.217. The minimum absolute atomic E-state index is 0.134. The lowest BCUT2D eigenvalue weighted by Gasteiger charge is -2.19. The lowest BCUT2D eigenvalue weighted by molar-refractivity contribution is 0.542. The molecule has 3 aromatic rings. The van der Waals surface area contributed by atoms with E-state index in [0.29, 0.717) is 26.2 Å². The van der Waals surface area contributed by atoms with Crippen molar-refractivity contribution in [3.05, 3.63) is 81.3 Å². The fourth-order valence-electron chi connectivity index (χ4n) is 2.56. The van der Waals surface area contributed by atoms with Crippen LogP contribution in [0.3, 0.4) is 0 Å².